The predicted molar refractivity (Wildman–Crippen MR) is 101 cm³/mol. The molecule has 3 rings (SSSR count). The summed E-state index contributed by atoms with van der Waals surface area (Å²) >= 11 is 0. The van der Waals surface area contributed by atoms with Gasteiger partial charge < -0.3 is 19.5 Å². The third-order valence-electron chi connectivity index (χ3n) is 3.78. The number of carboxylic acid groups (broad SMARTS) is 1. The topological polar surface area (TPSA) is 118 Å². The summed E-state index contributed by atoms with van der Waals surface area (Å²) in [6.07, 6.45) is 0. The van der Waals surface area contributed by atoms with E-state index in [1.54, 1.807) is 43.4 Å². The zero-order valence-electron chi connectivity index (χ0n) is 15.3. The maximum atomic E-state index is 12.1. The summed E-state index contributed by atoms with van der Waals surface area (Å²) in [5.41, 5.74) is 0.344. The molecule has 146 valence electrons. The Morgan fingerprint density at radius 1 is 1.21 bits per heavy atom. The van der Waals surface area contributed by atoms with E-state index >= 15 is 0 Å². The summed E-state index contributed by atoms with van der Waals surface area (Å²) in [4.78, 5) is 28.9. The maximum Gasteiger partial charge on any atom is 0.323 e. The highest BCUT2D eigenvalue weighted by atomic mass is 16.5. The average molecular weight is 385 g/mol. The number of carboxylic acids is 1. The van der Waals surface area contributed by atoms with Crippen LogP contribution in [0.2, 0.25) is 0 Å². The Morgan fingerprint density at radius 2 is 1.96 bits per heavy atom. The smallest absolute Gasteiger partial charge is 0.323 e. The number of nitrogens with zero attached hydrogens (tertiary/aromatic N) is 4. The molecule has 0 aliphatic heterocycles. The van der Waals surface area contributed by atoms with Crippen LogP contribution in [-0.2, 0) is 9.59 Å². The van der Waals surface area contributed by atoms with Crippen molar-refractivity contribution in [2.45, 2.75) is 0 Å². The number of hydrogen-bond donors (Lipinski definition) is 2. The van der Waals surface area contributed by atoms with Gasteiger partial charge >= 0.3 is 5.97 Å². The summed E-state index contributed by atoms with van der Waals surface area (Å²) < 4.78 is 12.1. The number of aliphatic carboxylic acids is 1. The zero-order chi connectivity index (χ0) is 20.1. The molecule has 0 atom stereocenters. The largest absolute Gasteiger partial charge is 0.493 e. The molecular formula is C18H19N5O5. The molecule has 28 heavy (non-hydrogen) atoms. The van der Waals surface area contributed by atoms with Crippen molar-refractivity contribution < 1.29 is 24.2 Å². The van der Waals surface area contributed by atoms with Gasteiger partial charge in [0.1, 0.15) is 18.1 Å². The number of carbonyl (C=O) groups excluding carboxylic acids is 1. The number of likely N-dealkylation sites (N-methyl/N-ethyl adjacent to an activating group) is 1. The minimum absolute atomic E-state index is 0.0520. The van der Waals surface area contributed by atoms with E-state index in [4.69, 9.17) is 14.6 Å². The molecule has 2 aromatic heterocycles. The lowest BCUT2D eigenvalue weighted by Crippen LogP contribution is -2.27. The number of amides is 1. The molecule has 1 amide bonds. The zero-order valence-corrected chi connectivity index (χ0v) is 15.3. The fraction of sp³-hybridized carbons (Fsp3) is 0.222. The number of ether oxygens (including phenoxy) is 2. The highest BCUT2D eigenvalue weighted by Crippen LogP contribution is 2.25. The molecule has 0 saturated carbocycles. The van der Waals surface area contributed by atoms with Gasteiger partial charge in [-0.15, -0.1) is 5.10 Å². The second-order valence-electron chi connectivity index (χ2n) is 5.83. The van der Waals surface area contributed by atoms with Gasteiger partial charge in [-0.05, 0) is 24.3 Å². The predicted octanol–water partition coefficient (Wildman–Crippen LogP) is 1.28. The molecule has 10 heteroatoms. The van der Waals surface area contributed by atoms with Crippen LogP contribution < -0.4 is 19.7 Å². The Balaban J connectivity index is 1.80. The Morgan fingerprint density at radius 3 is 2.64 bits per heavy atom. The molecular weight excluding hydrogens is 366 g/mol. The fourth-order valence-electron chi connectivity index (χ4n) is 2.54. The number of nitrogens with one attached hydrogen (secondary N) is 1. The Hall–Kier alpha value is -3.82. The number of fused-ring (bicyclic) bond motifs is 1. The second-order valence-corrected chi connectivity index (χ2v) is 5.83. The van der Waals surface area contributed by atoms with Crippen molar-refractivity contribution in [2.75, 3.05) is 37.5 Å². The second kappa shape index (κ2) is 8.25. The lowest BCUT2D eigenvalue weighted by molar-refractivity contribution is -0.135. The number of carbonyl (C=O) groups is 2. The summed E-state index contributed by atoms with van der Waals surface area (Å²) in [5.74, 6) is 0.112. The van der Waals surface area contributed by atoms with Gasteiger partial charge in [-0.3, -0.25) is 14.9 Å². The van der Waals surface area contributed by atoms with Crippen LogP contribution in [0.4, 0.5) is 11.8 Å². The number of methoxy groups -OCH3 is 1. The molecule has 0 saturated heterocycles. The standard InChI is InChI=1S/C18H19N5O5/c1-22(10-16(25)26)15-9-8-13(27-2)17-20-18(21-23(15)17)19-14(24)11-28-12-6-4-3-5-7-12/h3-9H,10-11H2,1-2H3,(H,25,26)(H,19,21,24). The van der Waals surface area contributed by atoms with Crippen LogP contribution in [-0.4, -0.2) is 58.9 Å². The van der Waals surface area contributed by atoms with Crippen molar-refractivity contribution in [1.82, 2.24) is 14.6 Å². The van der Waals surface area contributed by atoms with E-state index in [0.717, 1.165) is 0 Å². The first-order valence-corrected chi connectivity index (χ1v) is 8.32. The van der Waals surface area contributed by atoms with E-state index in [1.807, 2.05) is 6.07 Å². The lowest BCUT2D eigenvalue weighted by atomic mass is 10.3. The van der Waals surface area contributed by atoms with Crippen molar-refractivity contribution in [1.29, 1.82) is 0 Å². The summed E-state index contributed by atoms with van der Waals surface area (Å²) in [6.45, 7) is -0.434. The molecule has 2 N–H and O–H groups in total. The van der Waals surface area contributed by atoms with E-state index in [2.05, 4.69) is 15.4 Å². The molecule has 1 aromatic carbocycles. The first-order valence-electron chi connectivity index (χ1n) is 8.32. The van der Waals surface area contributed by atoms with Crippen molar-refractivity contribution in [3.8, 4) is 11.5 Å². The van der Waals surface area contributed by atoms with E-state index in [-0.39, 0.29) is 19.1 Å². The van der Waals surface area contributed by atoms with Gasteiger partial charge in [0.25, 0.3) is 5.91 Å². The first-order chi connectivity index (χ1) is 13.5. The van der Waals surface area contributed by atoms with Gasteiger partial charge in [0.05, 0.1) is 7.11 Å². The van der Waals surface area contributed by atoms with Crippen LogP contribution in [0.25, 0.3) is 5.65 Å². The van der Waals surface area contributed by atoms with E-state index in [0.29, 0.717) is 23.0 Å². The summed E-state index contributed by atoms with van der Waals surface area (Å²) in [6, 6.07) is 12.3. The number of anilines is 2. The van der Waals surface area contributed by atoms with Gasteiger partial charge in [-0.1, -0.05) is 18.2 Å². The Labute approximate surface area is 160 Å². The van der Waals surface area contributed by atoms with Crippen LogP contribution in [0.3, 0.4) is 0 Å². The van der Waals surface area contributed by atoms with Crippen molar-refractivity contribution in [2.24, 2.45) is 0 Å². The molecule has 0 aliphatic rings. The third-order valence-corrected chi connectivity index (χ3v) is 3.78. The molecule has 10 nitrogen and oxygen atoms in total. The van der Waals surface area contributed by atoms with Crippen molar-refractivity contribution >= 4 is 29.3 Å². The average Bonchev–Trinajstić information content (AvgIpc) is 3.09. The number of para-hydroxylation sites is 1. The number of benzene rings is 1. The van der Waals surface area contributed by atoms with E-state index in [9.17, 15) is 9.59 Å². The van der Waals surface area contributed by atoms with Crippen LogP contribution >= 0.6 is 0 Å². The molecule has 0 spiro atoms. The molecule has 2 heterocycles. The van der Waals surface area contributed by atoms with Gasteiger partial charge in [-0.25, -0.2) is 0 Å². The molecule has 0 fully saturated rings. The monoisotopic (exact) mass is 385 g/mol. The quantitative estimate of drug-likeness (QED) is 0.595. The van der Waals surface area contributed by atoms with E-state index < -0.39 is 11.9 Å². The van der Waals surface area contributed by atoms with Gasteiger partial charge in [0, 0.05) is 7.05 Å². The van der Waals surface area contributed by atoms with Crippen LogP contribution in [0, 0.1) is 0 Å². The van der Waals surface area contributed by atoms with Crippen molar-refractivity contribution in [3.63, 3.8) is 0 Å². The molecule has 0 aliphatic carbocycles. The van der Waals surface area contributed by atoms with E-state index in [1.165, 1.54) is 16.5 Å². The highest BCUT2D eigenvalue weighted by Gasteiger charge is 2.17. The minimum Gasteiger partial charge on any atom is -0.493 e. The van der Waals surface area contributed by atoms with Gasteiger partial charge in [0.15, 0.2) is 12.4 Å². The van der Waals surface area contributed by atoms with Crippen LogP contribution in [0.5, 0.6) is 11.5 Å². The summed E-state index contributed by atoms with van der Waals surface area (Å²) in [5, 5.41) is 15.8. The van der Waals surface area contributed by atoms with Gasteiger partial charge in [0.2, 0.25) is 11.6 Å². The number of hydrogen-bond acceptors (Lipinski definition) is 7. The minimum atomic E-state index is -0.988. The maximum absolute atomic E-state index is 12.1. The molecule has 0 unspecified atom stereocenters. The van der Waals surface area contributed by atoms with Crippen LogP contribution in [0.15, 0.2) is 42.5 Å². The first kappa shape index (κ1) is 19.0. The van der Waals surface area contributed by atoms with Crippen LogP contribution in [0.1, 0.15) is 0 Å². The molecule has 0 bridgehead atoms. The highest BCUT2D eigenvalue weighted by molar-refractivity contribution is 5.90. The van der Waals surface area contributed by atoms with Crippen molar-refractivity contribution in [3.05, 3.63) is 42.5 Å². The molecule has 0 radical (unpaired) electrons. The lowest BCUT2D eigenvalue weighted by Gasteiger charge is -2.17. The third kappa shape index (κ3) is 4.29. The normalized spacial score (nSPS) is 10.5. The fourth-order valence-corrected chi connectivity index (χ4v) is 2.54. The molecule has 3 aromatic rings. The number of rotatable bonds is 8. The number of pyridine rings is 1. The Bertz CT molecular complexity index is 989. The SMILES string of the molecule is COc1ccc(N(C)CC(=O)O)n2nc(NC(=O)COc3ccccc3)nc12. The summed E-state index contributed by atoms with van der Waals surface area (Å²) in [7, 11) is 3.10. The van der Waals surface area contributed by atoms with Gasteiger partial charge in [-0.2, -0.15) is 9.50 Å². The Kier molecular flexibility index (Phi) is 5.58. The number of aromatic nitrogens is 3.